The number of ether oxygens (including phenoxy) is 2. The van der Waals surface area contributed by atoms with Crippen molar-refractivity contribution in [1.29, 1.82) is 0 Å². The van der Waals surface area contributed by atoms with Gasteiger partial charge in [-0.3, -0.25) is 30.2 Å². The first-order valence-electron chi connectivity index (χ1n) is 10.6. The van der Waals surface area contributed by atoms with Gasteiger partial charge in [-0.15, -0.1) is 0 Å². The van der Waals surface area contributed by atoms with Crippen LogP contribution in [0.5, 0.6) is 11.5 Å². The zero-order valence-corrected chi connectivity index (χ0v) is 18.8. The van der Waals surface area contributed by atoms with E-state index in [9.17, 15) is 18.0 Å². The SMILES string of the molecule is CCCCC(N=C1NS(=O)(=O)c2ccccc21)C(=O)NNC(=O)c1ccc2c(c1)OCCO2. The van der Waals surface area contributed by atoms with E-state index in [4.69, 9.17) is 9.47 Å². The van der Waals surface area contributed by atoms with Gasteiger partial charge in [0.25, 0.3) is 21.8 Å². The number of carbonyl (C=O) groups is 2. The standard InChI is InChI=1S/C22H24N4O6S/c1-2-3-7-16(23-20-15-6-4-5-8-19(15)33(29,30)26-20)22(28)25-24-21(27)14-9-10-17-18(13-14)32-12-11-31-17/h4-6,8-10,13,16H,2-3,7,11-12H2,1H3,(H,23,26)(H,24,27)(H,25,28). The Hall–Kier alpha value is -3.60. The van der Waals surface area contributed by atoms with E-state index in [1.54, 1.807) is 30.3 Å². The summed E-state index contributed by atoms with van der Waals surface area (Å²) in [6.07, 6.45) is 1.90. The molecule has 0 saturated carbocycles. The van der Waals surface area contributed by atoms with Crippen LogP contribution in [0.1, 0.15) is 42.1 Å². The molecule has 0 spiro atoms. The van der Waals surface area contributed by atoms with E-state index in [0.29, 0.717) is 43.1 Å². The van der Waals surface area contributed by atoms with Crippen LogP contribution >= 0.6 is 0 Å². The third-order valence-corrected chi connectivity index (χ3v) is 6.58. The minimum atomic E-state index is -3.72. The van der Waals surface area contributed by atoms with Crippen molar-refractivity contribution in [2.75, 3.05) is 13.2 Å². The third kappa shape index (κ3) is 4.92. The van der Waals surface area contributed by atoms with E-state index < -0.39 is 27.9 Å². The molecular formula is C22H24N4O6S. The van der Waals surface area contributed by atoms with Crippen LogP contribution in [-0.2, 0) is 14.8 Å². The molecule has 33 heavy (non-hydrogen) atoms. The zero-order valence-electron chi connectivity index (χ0n) is 18.0. The maximum atomic E-state index is 12.8. The lowest BCUT2D eigenvalue weighted by Gasteiger charge is -2.19. The van der Waals surface area contributed by atoms with E-state index in [0.717, 1.165) is 6.42 Å². The molecule has 0 saturated heterocycles. The van der Waals surface area contributed by atoms with E-state index in [2.05, 4.69) is 20.6 Å². The molecule has 1 atom stereocenters. The second kappa shape index (κ2) is 9.49. The summed E-state index contributed by atoms with van der Waals surface area (Å²) in [6, 6.07) is 10.3. The van der Waals surface area contributed by atoms with Gasteiger partial charge in [-0.2, -0.15) is 0 Å². The minimum Gasteiger partial charge on any atom is -0.486 e. The lowest BCUT2D eigenvalue weighted by Crippen LogP contribution is -2.46. The van der Waals surface area contributed by atoms with Crippen LogP contribution in [0.2, 0.25) is 0 Å². The van der Waals surface area contributed by atoms with Crippen molar-refractivity contribution in [3.8, 4) is 11.5 Å². The van der Waals surface area contributed by atoms with Gasteiger partial charge < -0.3 is 9.47 Å². The highest BCUT2D eigenvalue weighted by atomic mass is 32.2. The van der Waals surface area contributed by atoms with Crippen LogP contribution in [0, 0.1) is 0 Å². The van der Waals surface area contributed by atoms with E-state index >= 15 is 0 Å². The Balaban J connectivity index is 1.47. The Morgan fingerprint density at radius 1 is 1.09 bits per heavy atom. The number of hydrogen-bond acceptors (Lipinski definition) is 7. The number of nitrogens with one attached hydrogen (secondary N) is 3. The Bertz CT molecular complexity index is 1210. The summed E-state index contributed by atoms with van der Waals surface area (Å²) in [5, 5.41) is 0. The van der Waals surface area contributed by atoms with Crippen molar-refractivity contribution in [3.63, 3.8) is 0 Å². The highest BCUT2D eigenvalue weighted by molar-refractivity contribution is 7.90. The van der Waals surface area contributed by atoms with Gasteiger partial charge in [0.15, 0.2) is 11.5 Å². The Labute approximate surface area is 191 Å². The zero-order chi connectivity index (χ0) is 23.4. The van der Waals surface area contributed by atoms with Crippen LogP contribution < -0.4 is 25.0 Å². The molecule has 0 fully saturated rings. The number of rotatable bonds is 6. The number of aliphatic imine (C=N–C) groups is 1. The molecule has 0 bridgehead atoms. The Kier molecular flexibility index (Phi) is 6.50. The number of hydrogen-bond donors (Lipinski definition) is 3. The van der Waals surface area contributed by atoms with Gasteiger partial charge in [-0.25, -0.2) is 8.42 Å². The fourth-order valence-corrected chi connectivity index (χ4v) is 4.73. The number of fused-ring (bicyclic) bond motifs is 2. The molecule has 0 aliphatic carbocycles. The molecule has 2 amide bonds. The van der Waals surface area contributed by atoms with Crippen LogP contribution in [0.25, 0.3) is 0 Å². The summed E-state index contributed by atoms with van der Waals surface area (Å²) in [5.74, 6) is 0.0378. The number of amides is 2. The number of nitrogens with zero attached hydrogens (tertiary/aromatic N) is 1. The maximum Gasteiger partial charge on any atom is 0.269 e. The largest absolute Gasteiger partial charge is 0.486 e. The lowest BCUT2D eigenvalue weighted by atomic mass is 10.1. The summed E-state index contributed by atoms with van der Waals surface area (Å²) < 4.78 is 38.0. The van der Waals surface area contributed by atoms with Crippen molar-refractivity contribution < 1.29 is 27.5 Å². The quantitative estimate of drug-likeness (QED) is 0.546. The van der Waals surface area contributed by atoms with E-state index in [1.165, 1.54) is 12.1 Å². The number of amidine groups is 1. The molecule has 174 valence electrons. The topological polar surface area (TPSA) is 135 Å². The maximum absolute atomic E-state index is 12.8. The first kappa shape index (κ1) is 22.6. The van der Waals surface area contributed by atoms with Crippen LogP contribution in [0.15, 0.2) is 52.4 Å². The van der Waals surface area contributed by atoms with Gasteiger partial charge >= 0.3 is 0 Å². The normalized spacial score (nSPS) is 17.5. The van der Waals surface area contributed by atoms with Gasteiger partial charge in [-0.05, 0) is 36.8 Å². The highest BCUT2D eigenvalue weighted by Crippen LogP contribution is 2.30. The Morgan fingerprint density at radius 2 is 1.85 bits per heavy atom. The smallest absolute Gasteiger partial charge is 0.269 e. The van der Waals surface area contributed by atoms with Gasteiger partial charge in [0.05, 0.1) is 4.90 Å². The molecule has 10 nitrogen and oxygen atoms in total. The van der Waals surface area contributed by atoms with Crippen molar-refractivity contribution in [1.82, 2.24) is 15.6 Å². The third-order valence-electron chi connectivity index (χ3n) is 5.19. The average molecular weight is 473 g/mol. The van der Waals surface area contributed by atoms with Crippen LogP contribution in [-0.4, -0.2) is 45.3 Å². The molecule has 0 radical (unpaired) electrons. The second-order valence-electron chi connectivity index (χ2n) is 7.54. The van der Waals surface area contributed by atoms with Gasteiger partial charge in [0.1, 0.15) is 25.1 Å². The number of sulfonamides is 1. The molecule has 4 rings (SSSR count). The second-order valence-corrected chi connectivity index (χ2v) is 9.19. The Morgan fingerprint density at radius 3 is 2.64 bits per heavy atom. The van der Waals surface area contributed by atoms with Gasteiger partial charge in [0, 0.05) is 11.1 Å². The molecular weight excluding hydrogens is 448 g/mol. The summed E-state index contributed by atoms with van der Waals surface area (Å²) in [7, 11) is -3.72. The minimum absolute atomic E-state index is 0.111. The molecule has 1 unspecified atom stereocenters. The number of carbonyl (C=O) groups excluding carboxylic acids is 2. The predicted octanol–water partition coefficient (Wildman–Crippen LogP) is 1.52. The van der Waals surface area contributed by atoms with Crippen molar-refractivity contribution in [2.24, 2.45) is 4.99 Å². The monoisotopic (exact) mass is 472 g/mol. The van der Waals surface area contributed by atoms with Crippen molar-refractivity contribution >= 4 is 27.7 Å². The summed E-state index contributed by atoms with van der Waals surface area (Å²) in [4.78, 5) is 29.8. The summed E-state index contributed by atoms with van der Waals surface area (Å²) in [5.41, 5.74) is 5.47. The first-order chi connectivity index (χ1) is 15.9. The molecule has 2 aliphatic heterocycles. The van der Waals surface area contributed by atoms with Crippen molar-refractivity contribution in [3.05, 3.63) is 53.6 Å². The summed E-state index contributed by atoms with van der Waals surface area (Å²) in [6.45, 7) is 2.80. The summed E-state index contributed by atoms with van der Waals surface area (Å²) >= 11 is 0. The van der Waals surface area contributed by atoms with Gasteiger partial charge in [0.2, 0.25) is 0 Å². The fraction of sp³-hybridized carbons (Fsp3) is 0.318. The molecule has 2 aromatic carbocycles. The van der Waals surface area contributed by atoms with E-state index in [-0.39, 0.29) is 16.3 Å². The molecule has 2 heterocycles. The molecule has 11 heteroatoms. The number of benzene rings is 2. The van der Waals surface area contributed by atoms with Gasteiger partial charge in [-0.1, -0.05) is 31.9 Å². The molecule has 3 N–H and O–H groups in total. The van der Waals surface area contributed by atoms with Crippen molar-refractivity contribution in [2.45, 2.75) is 37.1 Å². The number of hydrazine groups is 1. The first-order valence-corrected chi connectivity index (χ1v) is 12.1. The van der Waals surface area contributed by atoms with E-state index in [1.807, 2.05) is 6.92 Å². The average Bonchev–Trinajstić information content (AvgIpc) is 3.09. The van der Waals surface area contributed by atoms with Crippen LogP contribution in [0.4, 0.5) is 0 Å². The fourth-order valence-electron chi connectivity index (χ4n) is 3.50. The van der Waals surface area contributed by atoms with Crippen LogP contribution in [0.3, 0.4) is 0 Å². The highest BCUT2D eigenvalue weighted by Gasteiger charge is 2.32. The molecule has 2 aliphatic rings. The predicted molar refractivity (Wildman–Crippen MR) is 120 cm³/mol. The molecule has 0 aromatic heterocycles. The lowest BCUT2D eigenvalue weighted by molar-refractivity contribution is -0.123. The molecule has 2 aromatic rings. The number of unbranched alkanes of at least 4 members (excludes halogenated alkanes) is 1.